The van der Waals surface area contributed by atoms with E-state index in [-0.39, 0.29) is 18.3 Å². The number of benzene rings is 2. The van der Waals surface area contributed by atoms with Crippen LogP contribution in [-0.2, 0) is 6.54 Å². The molecule has 0 unspecified atom stereocenters. The fourth-order valence-electron chi connectivity index (χ4n) is 2.25. The number of carbonyl (C=O) groups is 1. The Hall–Kier alpha value is -3.35. The summed E-state index contributed by atoms with van der Waals surface area (Å²) in [7, 11) is 0. The van der Waals surface area contributed by atoms with Gasteiger partial charge in [-0.25, -0.2) is 18.2 Å². The van der Waals surface area contributed by atoms with Gasteiger partial charge in [0.1, 0.15) is 11.6 Å². The van der Waals surface area contributed by atoms with Crippen molar-refractivity contribution in [3.8, 4) is 0 Å². The van der Waals surface area contributed by atoms with Crippen molar-refractivity contribution in [2.24, 2.45) is 0 Å². The third-order valence-corrected chi connectivity index (χ3v) is 3.58. The fourth-order valence-corrected chi connectivity index (χ4v) is 2.25. The van der Waals surface area contributed by atoms with Crippen LogP contribution < -0.4 is 10.6 Å². The molecule has 7 heteroatoms. The van der Waals surface area contributed by atoms with Crippen LogP contribution in [0.4, 0.5) is 24.7 Å². The van der Waals surface area contributed by atoms with Crippen LogP contribution in [0.2, 0.25) is 0 Å². The summed E-state index contributed by atoms with van der Waals surface area (Å²) in [6, 6.07) is 12.2. The minimum absolute atomic E-state index is 0.243. The van der Waals surface area contributed by atoms with Crippen LogP contribution >= 0.6 is 0 Å². The summed E-state index contributed by atoms with van der Waals surface area (Å²) < 4.78 is 39.1. The van der Waals surface area contributed by atoms with Crippen molar-refractivity contribution >= 4 is 17.4 Å². The van der Waals surface area contributed by atoms with Crippen molar-refractivity contribution in [3.05, 3.63) is 89.4 Å². The SMILES string of the molecule is O=C(NCc1ccc(F)cc1)c1ccnc(Nc2ccc(F)c(F)c2)c1. The van der Waals surface area contributed by atoms with Gasteiger partial charge >= 0.3 is 0 Å². The number of amides is 1. The topological polar surface area (TPSA) is 54.0 Å². The lowest BCUT2D eigenvalue weighted by Crippen LogP contribution is -2.22. The van der Waals surface area contributed by atoms with Gasteiger partial charge in [-0.15, -0.1) is 0 Å². The van der Waals surface area contributed by atoms with Crippen molar-refractivity contribution < 1.29 is 18.0 Å². The number of anilines is 2. The molecule has 0 aliphatic heterocycles. The molecule has 0 saturated heterocycles. The van der Waals surface area contributed by atoms with E-state index in [0.717, 1.165) is 17.7 Å². The van der Waals surface area contributed by atoms with E-state index in [2.05, 4.69) is 15.6 Å². The highest BCUT2D eigenvalue weighted by Gasteiger charge is 2.08. The number of nitrogens with zero attached hydrogens (tertiary/aromatic N) is 1. The third-order valence-electron chi connectivity index (χ3n) is 3.58. The average Bonchev–Trinajstić information content (AvgIpc) is 2.64. The Balaban J connectivity index is 1.66. The van der Waals surface area contributed by atoms with Gasteiger partial charge in [-0.05, 0) is 42.0 Å². The fraction of sp³-hybridized carbons (Fsp3) is 0.0526. The second kappa shape index (κ2) is 7.69. The maximum atomic E-state index is 13.3. The summed E-state index contributed by atoms with van der Waals surface area (Å²) in [4.78, 5) is 16.3. The minimum atomic E-state index is -0.983. The zero-order valence-electron chi connectivity index (χ0n) is 13.5. The Morgan fingerprint density at radius 2 is 1.69 bits per heavy atom. The highest BCUT2D eigenvalue weighted by atomic mass is 19.2. The Kier molecular flexibility index (Phi) is 5.17. The Bertz CT molecular complexity index is 930. The van der Waals surface area contributed by atoms with Gasteiger partial charge in [-0.3, -0.25) is 4.79 Å². The standard InChI is InChI=1S/C19H14F3N3O/c20-14-3-1-12(2-4-14)11-24-19(26)13-7-8-23-18(9-13)25-15-5-6-16(21)17(22)10-15/h1-10H,11H2,(H,23,25)(H,24,26). The van der Waals surface area contributed by atoms with Gasteiger partial charge in [0.05, 0.1) is 0 Å². The lowest BCUT2D eigenvalue weighted by Gasteiger charge is -2.09. The zero-order valence-corrected chi connectivity index (χ0v) is 13.5. The summed E-state index contributed by atoms with van der Waals surface area (Å²) >= 11 is 0. The molecule has 2 aromatic carbocycles. The highest BCUT2D eigenvalue weighted by molar-refractivity contribution is 5.94. The van der Waals surface area contributed by atoms with Crippen LogP contribution in [0.15, 0.2) is 60.8 Å². The van der Waals surface area contributed by atoms with Crippen LogP contribution in [0.25, 0.3) is 0 Å². The van der Waals surface area contributed by atoms with Crippen molar-refractivity contribution in [2.45, 2.75) is 6.54 Å². The molecule has 0 bridgehead atoms. The van der Waals surface area contributed by atoms with E-state index in [1.165, 1.54) is 36.5 Å². The van der Waals surface area contributed by atoms with Crippen LogP contribution in [0.5, 0.6) is 0 Å². The van der Waals surface area contributed by atoms with Crippen molar-refractivity contribution in [3.63, 3.8) is 0 Å². The van der Waals surface area contributed by atoms with Gasteiger partial charge in [0, 0.05) is 30.1 Å². The molecule has 0 aliphatic carbocycles. The maximum Gasteiger partial charge on any atom is 0.251 e. The quantitative estimate of drug-likeness (QED) is 0.721. The van der Waals surface area contributed by atoms with Crippen LogP contribution in [0.3, 0.4) is 0 Å². The summed E-state index contributed by atoms with van der Waals surface area (Å²) in [6.45, 7) is 0.243. The predicted molar refractivity (Wildman–Crippen MR) is 91.4 cm³/mol. The molecule has 0 aliphatic rings. The van der Waals surface area contributed by atoms with Gasteiger partial charge in [-0.1, -0.05) is 12.1 Å². The average molecular weight is 357 g/mol. The molecule has 1 aromatic heterocycles. The van der Waals surface area contributed by atoms with Crippen molar-refractivity contribution in [2.75, 3.05) is 5.32 Å². The van der Waals surface area contributed by atoms with E-state index in [1.807, 2.05) is 0 Å². The number of aromatic nitrogens is 1. The number of rotatable bonds is 5. The summed E-state index contributed by atoms with van der Waals surface area (Å²) in [5, 5.41) is 5.52. The van der Waals surface area contributed by atoms with Crippen LogP contribution in [0, 0.1) is 17.5 Å². The Labute approximate surface area is 147 Å². The van der Waals surface area contributed by atoms with E-state index >= 15 is 0 Å². The first kappa shape index (κ1) is 17.5. The normalized spacial score (nSPS) is 10.4. The van der Waals surface area contributed by atoms with Gasteiger partial charge < -0.3 is 10.6 Å². The van der Waals surface area contributed by atoms with E-state index in [0.29, 0.717) is 17.1 Å². The number of hydrogen-bond acceptors (Lipinski definition) is 3. The molecule has 1 heterocycles. The largest absolute Gasteiger partial charge is 0.348 e. The van der Waals surface area contributed by atoms with E-state index < -0.39 is 11.6 Å². The van der Waals surface area contributed by atoms with Gasteiger partial charge in [-0.2, -0.15) is 0 Å². The molecule has 3 aromatic rings. The summed E-state index contributed by atoms with van der Waals surface area (Å²) in [5.41, 5.74) is 1.40. The molecule has 26 heavy (non-hydrogen) atoms. The molecule has 132 valence electrons. The maximum absolute atomic E-state index is 13.3. The van der Waals surface area contributed by atoms with E-state index in [9.17, 15) is 18.0 Å². The second-order valence-electron chi connectivity index (χ2n) is 5.49. The van der Waals surface area contributed by atoms with E-state index in [4.69, 9.17) is 0 Å². The Morgan fingerprint density at radius 3 is 2.42 bits per heavy atom. The second-order valence-corrected chi connectivity index (χ2v) is 5.49. The van der Waals surface area contributed by atoms with Crippen LogP contribution in [0.1, 0.15) is 15.9 Å². The van der Waals surface area contributed by atoms with Crippen molar-refractivity contribution in [1.29, 1.82) is 0 Å². The highest BCUT2D eigenvalue weighted by Crippen LogP contribution is 2.18. The molecule has 0 radical (unpaired) electrons. The molecule has 4 nitrogen and oxygen atoms in total. The molecule has 0 fully saturated rings. The van der Waals surface area contributed by atoms with Gasteiger partial charge in [0.2, 0.25) is 0 Å². The molecule has 1 amide bonds. The molecule has 0 spiro atoms. The first-order valence-electron chi connectivity index (χ1n) is 7.72. The lowest BCUT2D eigenvalue weighted by atomic mass is 10.2. The predicted octanol–water partition coefficient (Wildman–Crippen LogP) is 4.17. The molecule has 0 saturated carbocycles. The van der Waals surface area contributed by atoms with Crippen molar-refractivity contribution in [1.82, 2.24) is 10.3 Å². The first-order valence-corrected chi connectivity index (χ1v) is 7.72. The number of halogens is 3. The summed E-state index contributed by atoms with van der Waals surface area (Å²) in [6.07, 6.45) is 1.43. The van der Waals surface area contributed by atoms with Crippen LogP contribution in [-0.4, -0.2) is 10.9 Å². The Morgan fingerprint density at radius 1 is 0.923 bits per heavy atom. The molecular weight excluding hydrogens is 343 g/mol. The number of pyridine rings is 1. The van der Waals surface area contributed by atoms with Gasteiger partial charge in [0.25, 0.3) is 5.91 Å². The molecule has 2 N–H and O–H groups in total. The minimum Gasteiger partial charge on any atom is -0.348 e. The molecular formula is C19H14F3N3O. The monoisotopic (exact) mass is 357 g/mol. The third kappa shape index (κ3) is 4.38. The summed E-state index contributed by atoms with van der Waals surface area (Å²) in [5.74, 6) is -2.31. The number of hydrogen-bond donors (Lipinski definition) is 2. The number of carbonyl (C=O) groups excluding carboxylic acids is 1. The number of nitrogens with one attached hydrogen (secondary N) is 2. The first-order chi connectivity index (χ1) is 12.5. The molecule has 0 atom stereocenters. The van der Waals surface area contributed by atoms with Gasteiger partial charge in [0.15, 0.2) is 11.6 Å². The van der Waals surface area contributed by atoms with E-state index in [1.54, 1.807) is 12.1 Å². The zero-order chi connectivity index (χ0) is 18.5. The lowest BCUT2D eigenvalue weighted by molar-refractivity contribution is 0.0951. The smallest absolute Gasteiger partial charge is 0.251 e. The molecule has 3 rings (SSSR count).